The van der Waals surface area contributed by atoms with Crippen LogP contribution in [0.5, 0.6) is 11.5 Å². The molecule has 4 aromatic rings. The summed E-state index contributed by atoms with van der Waals surface area (Å²) in [7, 11) is 3.04. The predicted octanol–water partition coefficient (Wildman–Crippen LogP) is 6.05. The number of hydrogen-bond donors (Lipinski definition) is 1. The third-order valence-electron chi connectivity index (χ3n) is 6.81. The van der Waals surface area contributed by atoms with Gasteiger partial charge in [-0.05, 0) is 28.3 Å². The highest BCUT2D eigenvalue weighted by Crippen LogP contribution is 2.44. The molecule has 0 bridgehead atoms. The van der Waals surface area contributed by atoms with Gasteiger partial charge in [0.05, 0.1) is 31.5 Å². The molecule has 1 aliphatic heterocycles. The van der Waals surface area contributed by atoms with Crippen LogP contribution in [0.1, 0.15) is 29.7 Å². The number of benzene rings is 4. The second-order valence-electron chi connectivity index (χ2n) is 8.86. The average Bonchev–Trinajstić information content (AvgIpc) is 3.21. The molecule has 1 saturated heterocycles. The van der Waals surface area contributed by atoms with E-state index in [1.54, 1.807) is 24.3 Å². The van der Waals surface area contributed by atoms with Gasteiger partial charge in [0.2, 0.25) is 0 Å². The molecule has 37 heavy (non-hydrogen) atoms. The first-order valence-corrected chi connectivity index (χ1v) is 12.1. The lowest BCUT2D eigenvalue weighted by Gasteiger charge is -2.26. The Labute approximate surface area is 215 Å². The summed E-state index contributed by atoms with van der Waals surface area (Å²) in [5, 5.41) is 13.3. The van der Waals surface area contributed by atoms with Crippen molar-refractivity contribution in [2.45, 2.75) is 19.4 Å². The smallest absolute Gasteiger partial charge is 0.300 e. The molecule has 6 nitrogen and oxygen atoms in total. The lowest BCUT2D eigenvalue weighted by Crippen LogP contribution is -2.29. The number of carbonyl (C=O) groups is 2. The number of Topliss-reactive ketones (excluding diaryl/α,β-unsaturated/α-hetero) is 1. The molecule has 1 amide bonds. The number of carbonyl (C=O) groups excluding carboxylic acids is 2. The van der Waals surface area contributed by atoms with Crippen LogP contribution >= 0.6 is 0 Å². The molecule has 0 spiro atoms. The van der Waals surface area contributed by atoms with Crippen molar-refractivity contribution in [3.63, 3.8) is 0 Å². The molecule has 0 saturated carbocycles. The summed E-state index contributed by atoms with van der Waals surface area (Å²) in [6.45, 7) is 2.06. The molecule has 1 heterocycles. The van der Waals surface area contributed by atoms with Crippen molar-refractivity contribution in [3.05, 3.63) is 107 Å². The minimum absolute atomic E-state index is 0.0346. The van der Waals surface area contributed by atoms with Crippen LogP contribution in [-0.2, 0) is 16.0 Å². The summed E-state index contributed by atoms with van der Waals surface area (Å²) < 4.78 is 10.8. The monoisotopic (exact) mass is 493 g/mol. The second-order valence-corrected chi connectivity index (χ2v) is 8.86. The summed E-state index contributed by atoms with van der Waals surface area (Å²) in [6.07, 6.45) is 0.851. The SMILES string of the molecule is CCc1ccc(C2/C(=C(/O)c3cccc4ccccc34)C(=O)C(=O)N2c2cc(OC)cc(OC)c2)cc1. The maximum Gasteiger partial charge on any atom is 0.300 e. The zero-order valence-corrected chi connectivity index (χ0v) is 20.9. The number of aryl methyl sites for hydroxylation is 1. The molecule has 4 aromatic carbocycles. The van der Waals surface area contributed by atoms with Crippen molar-refractivity contribution in [2.24, 2.45) is 0 Å². The van der Waals surface area contributed by atoms with E-state index in [-0.39, 0.29) is 11.3 Å². The summed E-state index contributed by atoms with van der Waals surface area (Å²) in [5.41, 5.74) is 2.79. The lowest BCUT2D eigenvalue weighted by atomic mass is 9.92. The van der Waals surface area contributed by atoms with E-state index in [0.717, 1.165) is 22.8 Å². The number of ketones is 1. The Morgan fingerprint density at radius 2 is 1.51 bits per heavy atom. The number of rotatable bonds is 6. The average molecular weight is 494 g/mol. The Morgan fingerprint density at radius 1 is 0.865 bits per heavy atom. The van der Waals surface area contributed by atoms with Crippen LogP contribution in [0.15, 0.2) is 90.5 Å². The number of hydrogen-bond acceptors (Lipinski definition) is 5. The van der Waals surface area contributed by atoms with E-state index in [2.05, 4.69) is 6.92 Å². The van der Waals surface area contributed by atoms with Crippen LogP contribution in [0.2, 0.25) is 0 Å². The number of nitrogens with zero attached hydrogens (tertiary/aromatic N) is 1. The Balaban J connectivity index is 1.77. The quantitative estimate of drug-likeness (QED) is 0.201. The van der Waals surface area contributed by atoms with Gasteiger partial charge >= 0.3 is 0 Å². The Morgan fingerprint density at radius 3 is 2.16 bits per heavy atom. The van der Waals surface area contributed by atoms with Gasteiger partial charge in [-0.2, -0.15) is 0 Å². The number of aliphatic hydroxyl groups is 1. The highest BCUT2D eigenvalue weighted by atomic mass is 16.5. The molecule has 1 aliphatic rings. The molecule has 5 rings (SSSR count). The molecular weight excluding hydrogens is 466 g/mol. The summed E-state index contributed by atoms with van der Waals surface area (Å²) in [4.78, 5) is 28.6. The molecule has 1 fully saturated rings. The van der Waals surface area contributed by atoms with Crippen LogP contribution in [0.3, 0.4) is 0 Å². The van der Waals surface area contributed by atoms with Crippen molar-refractivity contribution in [1.29, 1.82) is 0 Å². The third kappa shape index (κ3) is 4.20. The largest absolute Gasteiger partial charge is 0.507 e. The first kappa shape index (κ1) is 24.1. The molecule has 1 unspecified atom stereocenters. The van der Waals surface area contributed by atoms with Crippen molar-refractivity contribution >= 4 is 33.9 Å². The molecule has 1 atom stereocenters. The van der Waals surface area contributed by atoms with E-state index in [0.29, 0.717) is 28.3 Å². The van der Waals surface area contributed by atoms with Gasteiger partial charge in [0.1, 0.15) is 17.3 Å². The van der Waals surface area contributed by atoms with E-state index >= 15 is 0 Å². The maximum atomic E-state index is 13.6. The van der Waals surface area contributed by atoms with Crippen LogP contribution in [0.4, 0.5) is 5.69 Å². The standard InChI is InChI=1S/C31H27NO5/c1-4-19-12-14-21(15-13-19)28-27(29(33)26-11-7-9-20-8-5-6-10-25(20)26)30(34)31(35)32(28)22-16-23(36-2)18-24(17-22)37-3/h5-18,28,33H,4H2,1-3H3/b29-27-. The van der Waals surface area contributed by atoms with Gasteiger partial charge in [-0.1, -0.05) is 73.7 Å². The Hall–Kier alpha value is -4.58. The first-order chi connectivity index (χ1) is 18.0. The fraction of sp³-hybridized carbons (Fsp3) is 0.161. The van der Waals surface area contributed by atoms with Crippen molar-refractivity contribution < 1.29 is 24.2 Å². The minimum Gasteiger partial charge on any atom is -0.507 e. The zero-order valence-electron chi connectivity index (χ0n) is 20.9. The molecule has 1 N–H and O–H groups in total. The molecule has 186 valence electrons. The lowest BCUT2D eigenvalue weighted by molar-refractivity contribution is -0.132. The fourth-order valence-corrected chi connectivity index (χ4v) is 4.86. The highest BCUT2D eigenvalue weighted by Gasteiger charge is 2.47. The first-order valence-electron chi connectivity index (χ1n) is 12.1. The summed E-state index contributed by atoms with van der Waals surface area (Å²) in [6, 6.07) is 25.1. The van der Waals surface area contributed by atoms with Gasteiger partial charge < -0.3 is 14.6 Å². The predicted molar refractivity (Wildman–Crippen MR) is 144 cm³/mol. The molecular formula is C31H27NO5. The highest BCUT2D eigenvalue weighted by molar-refractivity contribution is 6.51. The van der Waals surface area contributed by atoms with Crippen LogP contribution in [0, 0.1) is 0 Å². The number of fused-ring (bicyclic) bond motifs is 1. The zero-order chi connectivity index (χ0) is 26.1. The summed E-state index contributed by atoms with van der Waals surface area (Å²) in [5.74, 6) is -0.744. The van der Waals surface area contributed by atoms with Gasteiger partial charge in [0, 0.05) is 23.8 Å². The normalized spacial score (nSPS) is 16.8. The number of ether oxygens (including phenoxy) is 2. The second kappa shape index (κ2) is 9.82. The van der Waals surface area contributed by atoms with Crippen LogP contribution in [-0.4, -0.2) is 31.0 Å². The third-order valence-corrected chi connectivity index (χ3v) is 6.81. The number of methoxy groups -OCH3 is 2. The van der Waals surface area contributed by atoms with Crippen molar-refractivity contribution in [3.8, 4) is 11.5 Å². The topological polar surface area (TPSA) is 76.1 Å². The van der Waals surface area contributed by atoms with Gasteiger partial charge in [-0.3, -0.25) is 14.5 Å². The fourth-order valence-electron chi connectivity index (χ4n) is 4.86. The van der Waals surface area contributed by atoms with Crippen molar-refractivity contribution in [1.82, 2.24) is 0 Å². The summed E-state index contributed by atoms with van der Waals surface area (Å²) >= 11 is 0. The van der Waals surface area contributed by atoms with Gasteiger partial charge in [0.15, 0.2) is 0 Å². The maximum absolute atomic E-state index is 13.6. The molecule has 6 heteroatoms. The van der Waals surface area contributed by atoms with Crippen molar-refractivity contribution in [2.75, 3.05) is 19.1 Å². The van der Waals surface area contributed by atoms with E-state index in [4.69, 9.17) is 9.47 Å². The molecule has 0 aliphatic carbocycles. The van der Waals surface area contributed by atoms with Crippen LogP contribution < -0.4 is 14.4 Å². The van der Waals surface area contributed by atoms with Gasteiger partial charge in [0.25, 0.3) is 11.7 Å². The number of amides is 1. The van der Waals surface area contributed by atoms with Crippen LogP contribution in [0.25, 0.3) is 16.5 Å². The van der Waals surface area contributed by atoms with E-state index in [1.165, 1.54) is 19.1 Å². The minimum atomic E-state index is -0.846. The van der Waals surface area contributed by atoms with E-state index < -0.39 is 17.7 Å². The Bertz CT molecular complexity index is 1510. The number of aliphatic hydroxyl groups excluding tert-OH is 1. The molecule has 0 aromatic heterocycles. The molecule has 0 radical (unpaired) electrons. The number of anilines is 1. The van der Waals surface area contributed by atoms with E-state index in [1.807, 2.05) is 60.7 Å². The van der Waals surface area contributed by atoms with Gasteiger partial charge in [-0.25, -0.2) is 0 Å². The Kier molecular flexibility index (Phi) is 6.40. The van der Waals surface area contributed by atoms with Gasteiger partial charge in [-0.15, -0.1) is 0 Å². The van der Waals surface area contributed by atoms with E-state index in [9.17, 15) is 14.7 Å².